The second-order valence-corrected chi connectivity index (χ2v) is 7.46. The second kappa shape index (κ2) is 7.50. The van der Waals surface area contributed by atoms with E-state index in [1.54, 1.807) is 0 Å². The maximum atomic E-state index is 12.7. The summed E-state index contributed by atoms with van der Waals surface area (Å²) in [6.07, 6.45) is 2.40. The van der Waals surface area contributed by atoms with Crippen LogP contribution in [0.5, 0.6) is 5.75 Å². The summed E-state index contributed by atoms with van der Waals surface area (Å²) in [5.41, 5.74) is 3.61. The predicted octanol–water partition coefficient (Wildman–Crippen LogP) is 3.46. The molecule has 1 fully saturated rings. The molecule has 4 rings (SSSR count). The largest absolute Gasteiger partial charge is 0.492 e. The molecule has 0 bridgehead atoms. The number of ether oxygens (including phenoxy) is 1. The first-order chi connectivity index (χ1) is 12.7. The van der Waals surface area contributed by atoms with Gasteiger partial charge in [0.05, 0.1) is 12.6 Å². The number of nitrogens with one attached hydrogen (secondary N) is 1. The van der Waals surface area contributed by atoms with Crippen molar-refractivity contribution in [3.63, 3.8) is 0 Å². The zero-order chi connectivity index (χ0) is 17.9. The van der Waals surface area contributed by atoms with E-state index in [1.807, 2.05) is 18.2 Å². The van der Waals surface area contributed by atoms with Crippen LogP contribution in [0.15, 0.2) is 48.5 Å². The van der Waals surface area contributed by atoms with Crippen molar-refractivity contribution in [3.8, 4) is 5.75 Å². The SMILES string of the molecule is Cc1ccc(C(NC(=O)CN2CCOc3ccccc3C2)C2CC2)cc1. The number of nitrogens with zero attached hydrogens (tertiary/aromatic N) is 1. The molecule has 2 aromatic rings. The predicted molar refractivity (Wildman–Crippen MR) is 102 cm³/mol. The van der Waals surface area contributed by atoms with Crippen LogP contribution in [0.3, 0.4) is 0 Å². The van der Waals surface area contributed by atoms with Gasteiger partial charge < -0.3 is 10.1 Å². The molecular weight excluding hydrogens is 324 g/mol. The van der Waals surface area contributed by atoms with Crippen molar-refractivity contribution in [2.75, 3.05) is 19.7 Å². The second-order valence-electron chi connectivity index (χ2n) is 7.46. The minimum Gasteiger partial charge on any atom is -0.492 e. The van der Waals surface area contributed by atoms with Gasteiger partial charge in [0.15, 0.2) is 0 Å². The quantitative estimate of drug-likeness (QED) is 0.898. The number of carbonyl (C=O) groups excluding carboxylic acids is 1. The number of fused-ring (bicyclic) bond motifs is 1. The number of hydrogen-bond donors (Lipinski definition) is 1. The zero-order valence-electron chi connectivity index (χ0n) is 15.3. The van der Waals surface area contributed by atoms with Crippen molar-refractivity contribution < 1.29 is 9.53 Å². The Bertz CT molecular complexity index is 768. The molecular formula is C22H26N2O2. The molecule has 0 saturated heterocycles. The molecule has 0 radical (unpaired) electrons. The van der Waals surface area contributed by atoms with E-state index in [1.165, 1.54) is 24.0 Å². The normalized spacial score (nSPS) is 18.3. The summed E-state index contributed by atoms with van der Waals surface area (Å²) in [6, 6.07) is 16.8. The van der Waals surface area contributed by atoms with Gasteiger partial charge in [-0.15, -0.1) is 0 Å². The van der Waals surface area contributed by atoms with E-state index < -0.39 is 0 Å². The van der Waals surface area contributed by atoms with Crippen LogP contribution in [0, 0.1) is 12.8 Å². The van der Waals surface area contributed by atoms with Crippen molar-refractivity contribution in [3.05, 3.63) is 65.2 Å². The molecule has 0 aromatic heterocycles. The Morgan fingerprint density at radius 3 is 2.73 bits per heavy atom. The van der Waals surface area contributed by atoms with Crippen LogP contribution < -0.4 is 10.1 Å². The van der Waals surface area contributed by atoms with E-state index in [0.717, 1.165) is 24.4 Å². The lowest BCUT2D eigenvalue weighted by Crippen LogP contribution is -2.40. The molecule has 1 N–H and O–H groups in total. The molecule has 1 saturated carbocycles. The van der Waals surface area contributed by atoms with Crippen LogP contribution in [-0.4, -0.2) is 30.5 Å². The van der Waals surface area contributed by atoms with Gasteiger partial charge in [-0.25, -0.2) is 0 Å². The highest BCUT2D eigenvalue weighted by Crippen LogP contribution is 2.41. The Morgan fingerprint density at radius 1 is 1.19 bits per heavy atom. The fraction of sp³-hybridized carbons (Fsp3) is 0.409. The van der Waals surface area contributed by atoms with Gasteiger partial charge in [0.2, 0.25) is 5.91 Å². The Hall–Kier alpha value is -2.33. The highest BCUT2D eigenvalue weighted by molar-refractivity contribution is 5.78. The Morgan fingerprint density at radius 2 is 1.96 bits per heavy atom. The first-order valence-corrected chi connectivity index (χ1v) is 9.48. The van der Waals surface area contributed by atoms with Crippen molar-refractivity contribution in [2.45, 2.75) is 32.4 Å². The van der Waals surface area contributed by atoms with E-state index in [2.05, 4.69) is 47.5 Å². The topological polar surface area (TPSA) is 41.6 Å². The molecule has 2 aromatic carbocycles. The monoisotopic (exact) mass is 350 g/mol. The van der Waals surface area contributed by atoms with Crippen molar-refractivity contribution in [1.82, 2.24) is 10.2 Å². The number of benzene rings is 2. The van der Waals surface area contributed by atoms with E-state index >= 15 is 0 Å². The molecule has 1 unspecified atom stereocenters. The summed E-state index contributed by atoms with van der Waals surface area (Å²) < 4.78 is 5.80. The summed E-state index contributed by atoms with van der Waals surface area (Å²) in [5, 5.41) is 3.28. The molecule has 0 spiro atoms. The highest BCUT2D eigenvalue weighted by atomic mass is 16.5. The van der Waals surface area contributed by atoms with E-state index in [4.69, 9.17) is 4.74 Å². The van der Waals surface area contributed by atoms with E-state index in [-0.39, 0.29) is 11.9 Å². The van der Waals surface area contributed by atoms with Gasteiger partial charge in [0.25, 0.3) is 0 Å². The first kappa shape index (κ1) is 17.1. The van der Waals surface area contributed by atoms with Crippen LogP contribution in [0.1, 0.15) is 35.6 Å². The number of para-hydroxylation sites is 1. The lowest BCUT2D eigenvalue weighted by Gasteiger charge is -2.23. The van der Waals surface area contributed by atoms with E-state index in [0.29, 0.717) is 19.1 Å². The zero-order valence-corrected chi connectivity index (χ0v) is 15.3. The molecule has 26 heavy (non-hydrogen) atoms. The van der Waals surface area contributed by atoms with Gasteiger partial charge in [-0.1, -0.05) is 48.0 Å². The smallest absolute Gasteiger partial charge is 0.234 e. The van der Waals surface area contributed by atoms with Gasteiger partial charge in [-0.2, -0.15) is 0 Å². The van der Waals surface area contributed by atoms with Gasteiger partial charge in [-0.3, -0.25) is 9.69 Å². The molecule has 2 aliphatic rings. The molecule has 1 aliphatic heterocycles. The molecule has 1 atom stereocenters. The van der Waals surface area contributed by atoms with Crippen molar-refractivity contribution >= 4 is 5.91 Å². The number of rotatable bonds is 5. The summed E-state index contributed by atoms with van der Waals surface area (Å²) in [7, 11) is 0. The van der Waals surface area contributed by atoms with E-state index in [9.17, 15) is 4.79 Å². The number of aryl methyl sites for hydroxylation is 1. The molecule has 1 amide bonds. The minimum absolute atomic E-state index is 0.0989. The third kappa shape index (κ3) is 4.07. The van der Waals surface area contributed by atoms with Crippen LogP contribution in [0.4, 0.5) is 0 Å². The summed E-state index contributed by atoms with van der Waals surface area (Å²) in [6.45, 7) is 4.64. The van der Waals surface area contributed by atoms with Crippen LogP contribution in [0.25, 0.3) is 0 Å². The maximum absolute atomic E-state index is 12.7. The fourth-order valence-electron chi connectivity index (χ4n) is 3.61. The van der Waals surface area contributed by atoms with Crippen molar-refractivity contribution in [1.29, 1.82) is 0 Å². The third-order valence-corrected chi connectivity index (χ3v) is 5.25. The Balaban J connectivity index is 1.40. The van der Waals surface area contributed by atoms with Crippen LogP contribution in [-0.2, 0) is 11.3 Å². The fourth-order valence-corrected chi connectivity index (χ4v) is 3.61. The number of carbonyl (C=O) groups is 1. The van der Waals surface area contributed by atoms with Gasteiger partial charge in [0.1, 0.15) is 12.4 Å². The van der Waals surface area contributed by atoms with Gasteiger partial charge in [-0.05, 0) is 37.3 Å². The van der Waals surface area contributed by atoms with Gasteiger partial charge >= 0.3 is 0 Å². The molecule has 1 heterocycles. The summed E-state index contributed by atoms with van der Waals surface area (Å²) >= 11 is 0. The third-order valence-electron chi connectivity index (χ3n) is 5.25. The van der Waals surface area contributed by atoms with Crippen LogP contribution >= 0.6 is 0 Å². The first-order valence-electron chi connectivity index (χ1n) is 9.48. The minimum atomic E-state index is 0.0989. The molecule has 4 heteroatoms. The molecule has 4 nitrogen and oxygen atoms in total. The maximum Gasteiger partial charge on any atom is 0.234 e. The summed E-state index contributed by atoms with van der Waals surface area (Å²) in [4.78, 5) is 14.9. The lowest BCUT2D eigenvalue weighted by atomic mass is 10.0. The van der Waals surface area contributed by atoms with Crippen LogP contribution in [0.2, 0.25) is 0 Å². The number of hydrogen-bond acceptors (Lipinski definition) is 3. The molecule has 1 aliphatic carbocycles. The van der Waals surface area contributed by atoms with Gasteiger partial charge in [0, 0.05) is 18.7 Å². The highest BCUT2D eigenvalue weighted by Gasteiger charge is 2.33. The average molecular weight is 350 g/mol. The Kier molecular flexibility index (Phi) is 4.93. The number of amides is 1. The average Bonchev–Trinajstić information content (AvgIpc) is 3.47. The lowest BCUT2D eigenvalue weighted by molar-refractivity contribution is -0.123. The Labute approximate surface area is 155 Å². The van der Waals surface area contributed by atoms with Crippen molar-refractivity contribution in [2.24, 2.45) is 5.92 Å². The molecule has 136 valence electrons. The standard InChI is InChI=1S/C22H26N2O2/c1-16-6-8-17(9-7-16)22(18-10-11-18)23-21(25)15-24-12-13-26-20-5-3-2-4-19(20)14-24/h2-9,18,22H,10-15H2,1H3,(H,23,25). The summed E-state index contributed by atoms with van der Waals surface area (Å²) in [5.74, 6) is 1.61.